The normalized spacial score (nSPS) is 12.0. The van der Waals surface area contributed by atoms with Crippen LogP contribution in [0.4, 0.5) is 0 Å². The van der Waals surface area contributed by atoms with Gasteiger partial charge in [-0.3, -0.25) is 0 Å². The number of hydrogen-bond donors (Lipinski definition) is 2. The van der Waals surface area contributed by atoms with E-state index in [0.717, 1.165) is 6.54 Å². The number of nitrogens with zero attached hydrogens (tertiary/aromatic N) is 2. The van der Waals surface area contributed by atoms with Crippen molar-refractivity contribution >= 4 is 40.0 Å². The first-order valence-electron chi connectivity index (χ1n) is 8.03. The largest absolute Gasteiger partial charge is 0.380 e. The zero-order chi connectivity index (χ0) is 18.0. The fourth-order valence-corrected chi connectivity index (χ4v) is 3.08. The van der Waals surface area contributed by atoms with Gasteiger partial charge in [0.05, 0.1) is 18.0 Å². The molecule has 1 rings (SSSR count). The van der Waals surface area contributed by atoms with Gasteiger partial charge >= 0.3 is 0 Å². The zero-order valence-corrected chi connectivity index (χ0v) is 18.4. The molecule has 0 atom stereocenters. The molecular weight excluding hydrogens is 455 g/mol. The van der Waals surface area contributed by atoms with Crippen molar-refractivity contribution in [2.45, 2.75) is 25.3 Å². The second kappa shape index (κ2) is 12.4. The van der Waals surface area contributed by atoms with Crippen molar-refractivity contribution in [2.75, 3.05) is 40.4 Å². The van der Waals surface area contributed by atoms with E-state index in [-0.39, 0.29) is 35.4 Å². The molecule has 0 bridgehead atoms. The Morgan fingerprint density at radius 2 is 1.88 bits per heavy atom. The molecule has 1 aromatic carbocycles. The van der Waals surface area contributed by atoms with Crippen molar-refractivity contribution in [2.24, 2.45) is 4.99 Å². The summed E-state index contributed by atoms with van der Waals surface area (Å²) in [6.45, 7) is 6.81. The molecule has 0 amide bonds. The Bertz CT molecular complexity index is 636. The average molecular weight is 484 g/mol. The molecule has 0 aromatic heterocycles. The number of hydrogen-bond acceptors (Lipinski definition) is 4. The fraction of sp³-hybridized carbons (Fsp3) is 0.562. The molecule has 0 spiro atoms. The Morgan fingerprint density at radius 1 is 1.20 bits per heavy atom. The van der Waals surface area contributed by atoms with Crippen LogP contribution < -0.4 is 10.6 Å². The molecule has 0 aliphatic carbocycles. The van der Waals surface area contributed by atoms with Crippen LogP contribution in [0.3, 0.4) is 0 Å². The average Bonchev–Trinajstić information content (AvgIpc) is 2.56. The summed E-state index contributed by atoms with van der Waals surface area (Å²) in [6, 6.07) is 6.92. The molecule has 0 saturated carbocycles. The summed E-state index contributed by atoms with van der Waals surface area (Å²) >= 11 is 0. The van der Waals surface area contributed by atoms with Gasteiger partial charge < -0.3 is 15.4 Å². The summed E-state index contributed by atoms with van der Waals surface area (Å²) in [7, 11) is -0.444. The smallest absolute Gasteiger partial charge is 0.242 e. The minimum absolute atomic E-state index is 0. The lowest BCUT2D eigenvalue weighted by Gasteiger charge is -2.15. The van der Waals surface area contributed by atoms with E-state index in [0.29, 0.717) is 31.3 Å². The summed E-state index contributed by atoms with van der Waals surface area (Å²) in [4.78, 5) is 4.75. The van der Waals surface area contributed by atoms with E-state index >= 15 is 0 Å². The molecule has 1 aromatic rings. The van der Waals surface area contributed by atoms with Crippen molar-refractivity contribution < 1.29 is 13.2 Å². The van der Waals surface area contributed by atoms with Crippen LogP contribution in [0, 0.1) is 0 Å². The molecule has 0 unspecified atom stereocenters. The van der Waals surface area contributed by atoms with Crippen molar-refractivity contribution in [3.8, 4) is 0 Å². The highest BCUT2D eigenvalue weighted by molar-refractivity contribution is 14.0. The number of benzene rings is 1. The molecule has 7 nitrogen and oxygen atoms in total. The predicted octanol–water partition coefficient (Wildman–Crippen LogP) is 1.65. The maximum Gasteiger partial charge on any atom is 0.242 e. The minimum atomic E-state index is -3.49. The maximum absolute atomic E-state index is 12.4. The topological polar surface area (TPSA) is 83.0 Å². The Morgan fingerprint density at radius 3 is 2.48 bits per heavy atom. The van der Waals surface area contributed by atoms with Crippen molar-refractivity contribution in [1.82, 2.24) is 14.9 Å². The Labute approximate surface area is 168 Å². The van der Waals surface area contributed by atoms with Gasteiger partial charge in [-0.1, -0.05) is 18.2 Å². The Kier molecular flexibility index (Phi) is 12.0. The third-order valence-corrected chi connectivity index (χ3v) is 5.14. The second-order valence-corrected chi connectivity index (χ2v) is 7.33. The predicted molar refractivity (Wildman–Crippen MR) is 112 cm³/mol. The monoisotopic (exact) mass is 484 g/mol. The molecule has 2 N–H and O–H groups in total. The van der Waals surface area contributed by atoms with Crippen LogP contribution in [0.15, 0.2) is 34.2 Å². The van der Waals surface area contributed by atoms with Gasteiger partial charge in [0.1, 0.15) is 0 Å². The third kappa shape index (κ3) is 7.89. The summed E-state index contributed by atoms with van der Waals surface area (Å²) in [5.74, 6) is 0.634. The molecule has 0 fully saturated rings. The van der Waals surface area contributed by atoms with E-state index in [9.17, 15) is 8.42 Å². The summed E-state index contributed by atoms with van der Waals surface area (Å²) in [6.07, 6.45) is 0. The van der Waals surface area contributed by atoms with Crippen molar-refractivity contribution in [3.05, 3.63) is 29.8 Å². The molecule has 9 heteroatoms. The molecule has 0 radical (unpaired) electrons. The first-order valence-corrected chi connectivity index (χ1v) is 9.47. The number of halogens is 1. The van der Waals surface area contributed by atoms with Crippen LogP contribution in [0.2, 0.25) is 0 Å². The third-order valence-electron chi connectivity index (χ3n) is 3.23. The van der Waals surface area contributed by atoms with E-state index < -0.39 is 10.0 Å². The lowest BCUT2D eigenvalue weighted by atomic mass is 10.2. The number of aliphatic imine (C=N–C) groups is 1. The fourth-order valence-electron chi connectivity index (χ4n) is 1.97. The number of sulfonamides is 1. The summed E-state index contributed by atoms with van der Waals surface area (Å²) in [5, 5.41) is 6.29. The van der Waals surface area contributed by atoms with Gasteiger partial charge in [-0.15, -0.1) is 24.0 Å². The highest BCUT2D eigenvalue weighted by atomic mass is 127. The van der Waals surface area contributed by atoms with Gasteiger partial charge in [-0.2, -0.15) is 0 Å². The van der Waals surface area contributed by atoms with Gasteiger partial charge in [0.25, 0.3) is 0 Å². The van der Waals surface area contributed by atoms with Gasteiger partial charge in [0.15, 0.2) is 5.96 Å². The highest BCUT2D eigenvalue weighted by Crippen LogP contribution is 2.19. The van der Waals surface area contributed by atoms with Gasteiger partial charge in [-0.05, 0) is 25.5 Å². The number of nitrogens with one attached hydrogen (secondary N) is 2. The standard InChI is InChI=1S/C16H28N4O3S.HI/c1-5-17-16(18-11-12-23-6-2)19-13-14-9-7-8-10-15(14)24(21,22)20(3)4;/h7-10H,5-6,11-13H2,1-4H3,(H2,17,18,19);1H. The van der Waals surface area contributed by atoms with E-state index in [1.165, 1.54) is 18.4 Å². The molecule has 0 saturated heterocycles. The van der Waals surface area contributed by atoms with Crippen LogP contribution in [-0.2, 0) is 21.3 Å². The molecule has 0 aliphatic rings. The molecular formula is C16H29IN4O3S. The van der Waals surface area contributed by atoms with Crippen LogP contribution >= 0.6 is 24.0 Å². The van der Waals surface area contributed by atoms with Gasteiger partial charge in [0, 0.05) is 33.8 Å². The highest BCUT2D eigenvalue weighted by Gasteiger charge is 2.20. The van der Waals surface area contributed by atoms with Gasteiger partial charge in [-0.25, -0.2) is 17.7 Å². The van der Waals surface area contributed by atoms with Crippen LogP contribution in [0.1, 0.15) is 19.4 Å². The number of guanidine groups is 1. The van der Waals surface area contributed by atoms with Crippen LogP contribution in [0.5, 0.6) is 0 Å². The Balaban J connectivity index is 0.00000576. The van der Waals surface area contributed by atoms with E-state index in [4.69, 9.17) is 4.74 Å². The van der Waals surface area contributed by atoms with Crippen molar-refractivity contribution in [1.29, 1.82) is 0 Å². The molecule has 25 heavy (non-hydrogen) atoms. The zero-order valence-electron chi connectivity index (χ0n) is 15.3. The lowest BCUT2D eigenvalue weighted by molar-refractivity contribution is 0.152. The Hall–Kier alpha value is -0.910. The number of rotatable bonds is 9. The first kappa shape index (κ1) is 24.1. The van der Waals surface area contributed by atoms with E-state index in [1.807, 2.05) is 19.9 Å². The quantitative estimate of drug-likeness (QED) is 0.241. The lowest BCUT2D eigenvalue weighted by Crippen LogP contribution is -2.39. The second-order valence-electron chi connectivity index (χ2n) is 5.21. The molecule has 0 heterocycles. The van der Waals surface area contributed by atoms with Crippen LogP contribution in [-0.4, -0.2) is 59.1 Å². The van der Waals surface area contributed by atoms with Crippen LogP contribution in [0.25, 0.3) is 0 Å². The molecule has 144 valence electrons. The van der Waals surface area contributed by atoms with E-state index in [1.54, 1.807) is 18.2 Å². The minimum Gasteiger partial charge on any atom is -0.380 e. The van der Waals surface area contributed by atoms with Crippen molar-refractivity contribution in [3.63, 3.8) is 0 Å². The van der Waals surface area contributed by atoms with E-state index in [2.05, 4.69) is 15.6 Å². The molecule has 0 aliphatic heterocycles. The van der Waals surface area contributed by atoms with Gasteiger partial charge in [0.2, 0.25) is 10.0 Å². The number of ether oxygens (including phenoxy) is 1. The SMILES string of the molecule is CCNC(=NCc1ccccc1S(=O)(=O)N(C)C)NCCOCC.I. The first-order chi connectivity index (χ1) is 11.4. The maximum atomic E-state index is 12.4. The summed E-state index contributed by atoms with van der Waals surface area (Å²) in [5.41, 5.74) is 0.660. The summed E-state index contributed by atoms with van der Waals surface area (Å²) < 4.78 is 31.3.